The fourth-order valence-corrected chi connectivity index (χ4v) is 3.39. The van der Waals surface area contributed by atoms with Crippen molar-refractivity contribution in [1.29, 1.82) is 0 Å². The van der Waals surface area contributed by atoms with Crippen molar-refractivity contribution in [1.82, 2.24) is 0 Å². The van der Waals surface area contributed by atoms with Gasteiger partial charge in [-0.2, -0.15) is 0 Å². The van der Waals surface area contributed by atoms with Gasteiger partial charge < -0.3 is 10.5 Å². The zero-order chi connectivity index (χ0) is 10.2. The van der Waals surface area contributed by atoms with Gasteiger partial charge in [0, 0.05) is 33.3 Å². The predicted octanol–water partition coefficient (Wildman–Crippen LogP) is 2.56. The summed E-state index contributed by atoms with van der Waals surface area (Å²) in [5.41, 5.74) is 6.15. The van der Waals surface area contributed by atoms with E-state index in [1.165, 1.54) is 4.88 Å². The average Bonchev–Trinajstić information content (AvgIpc) is 2.62. The van der Waals surface area contributed by atoms with E-state index >= 15 is 0 Å². The molecule has 1 aromatic heterocycles. The molecule has 2 nitrogen and oxygen atoms in total. The van der Waals surface area contributed by atoms with Gasteiger partial charge in [0.05, 0.1) is 6.10 Å². The van der Waals surface area contributed by atoms with E-state index in [1.807, 2.05) is 0 Å². The Labute approximate surface area is 96.6 Å². The average molecular weight is 276 g/mol. The van der Waals surface area contributed by atoms with Gasteiger partial charge in [-0.25, -0.2) is 0 Å². The van der Waals surface area contributed by atoms with Gasteiger partial charge in [0.25, 0.3) is 0 Å². The van der Waals surface area contributed by atoms with Crippen LogP contribution in [0.3, 0.4) is 0 Å². The molecule has 2 unspecified atom stereocenters. The Bertz CT molecular complexity index is 328. The van der Waals surface area contributed by atoms with Crippen molar-refractivity contribution in [2.45, 2.75) is 31.4 Å². The van der Waals surface area contributed by atoms with Crippen molar-refractivity contribution in [2.24, 2.45) is 5.73 Å². The largest absolute Gasteiger partial charge is 0.377 e. The fourth-order valence-electron chi connectivity index (χ4n) is 1.80. The molecule has 0 spiro atoms. The molecule has 2 heterocycles. The van der Waals surface area contributed by atoms with E-state index in [0.29, 0.717) is 0 Å². The summed E-state index contributed by atoms with van der Waals surface area (Å²) in [4.78, 5) is 1.33. The second-order valence-electron chi connectivity index (χ2n) is 3.90. The number of ether oxygens (including phenoxy) is 1. The second-order valence-corrected chi connectivity index (χ2v) is 5.82. The van der Waals surface area contributed by atoms with Gasteiger partial charge in [-0.15, -0.1) is 11.3 Å². The van der Waals surface area contributed by atoms with Crippen LogP contribution in [-0.4, -0.2) is 18.2 Å². The summed E-state index contributed by atoms with van der Waals surface area (Å²) in [6, 6.07) is 2.14. The molecule has 0 aliphatic carbocycles. The summed E-state index contributed by atoms with van der Waals surface area (Å²) < 4.78 is 6.66. The summed E-state index contributed by atoms with van der Waals surface area (Å²) in [6.07, 6.45) is 2.05. The Morgan fingerprint density at radius 3 is 3.07 bits per heavy atom. The molecule has 0 bridgehead atoms. The lowest BCUT2D eigenvalue weighted by Gasteiger charge is -2.26. The SMILES string of the molecule is CC1OCCC1(N)Cc1cc(Br)cs1. The molecule has 0 radical (unpaired) electrons. The molecular weight excluding hydrogens is 262 g/mol. The zero-order valence-electron chi connectivity index (χ0n) is 8.13. The normalized spacial score (nSPS) is 32.4. The molecule has 0 amide bonds. The van der Waals surface area contributed by atoms with Gasteiger partial charge in [-0.05, 0) is 35.3 Å². The molecule has 1 aliphatic rings. The van der Waals surface area contributed by atoms with Gasteiger partial charge in [-0.3, -0.25) is 0 Å². The van der Waals surface area contributed by atoms with Gasteiger partial charge >= 0.3 is 0 Å². The monoisotopic (exact) mass is 275 g/mol. The summed E-state index contributed by atoms with van der Waals surface area (Å²) >= 11 is 5.21. The number of hydrogen-bond donors (Lipinski definition) is 1. The topological polar surface area (TPSA) is 35.2 Å². The predicted molar refractivity (Wildman–Crippen MR) is 62.7 cm³/mol. The van der Waals surface area contributed by atoms with Crippen LogP contribution in [0, 0.1) is 0 Å². The first-order chi connectivity index (χ1) is 6.60. The van der Waals surface area contributed by atoms with Crippen LogP contribution in [0.5, 0.6) is 0 Å². The molecule has 1 aliphatic heterocycles. The lowest BCUT2D eigenvalue weighted by molar-refractivity contribution is 0.0957. The van der Waals surface area contributed by atoms with Crippen molar-refractivity contribution >= 4 is 27.3 Å². The van der Waals surface area contributed by atoms with E-state index in [9.17, 15) is 0 Å². The van der Waals surface area contributed by atoms with Crippen LogP contribution in [0.2, 0.25) is 0 Å². The summed E-state index contributed by atoms with van der Waals surface area (Å²) in [6.45, 7) is 2.86. The van der Waals surface area contributed by atoms with E-state index < -0.39 is 0 Å². The lowest BCUT2D eigenvalue weighted by atomic mass is 9.89. The fraction of sp³-hybridized carbons (Fsp3) is 0.600. The molecule has 1 aromatic rings. The maximum absolute atomic E-state index is 6.31. The molecule has 2 N–H and O–H groups in total. The van der Waals surface area contributed by atoms with Crippen LogP contribution in [0.15, 0.2) is 15.9 Å². The minimum atomic E-state index is -0.162. The molecule has 2 rings (SSSR count). The number of nitrogens with two attached hydrogens (primary N) is 1. The second kappa shape index (κ2) is 3.93. The van der Waals surface area contributed by atoms with Gasteiger partial charge in [0.15, 0.2) is 0 Å². The van der Waals surface area contributed by atoms with Gasteiger partial charge in [-0.1, -0.05) is 0 Å². The molecule has 14 heavy (non-hydrogen) atoms. The van der Waals surface area contributed by atoms with E-state index in [4.69, 9.17) is 10.5 Å². The third kappa shape index (κ3) is 2.03. The van der Waals surface area contributed by atoms with Crippen molar-refractivity contribution in [2.75, 3.05) is 6.61 Å². The third-order valence-electron chi connectivity index (χ3n) is 2.87. The number of hydrogen-bond acceptors (Lipinski definition) is 3. The van der Waals surface area contributed by atoms with Crippen molar-refractivity contribution < 1.29 is 4.74 Å². The Balaban J connectivity index is 2.10. The van der Waals surface area contributed by atoms with Crippen LogP contribution in [-0.2, 0) is 11.2 Å². The number of halogens is 1. The summed E-state index contributed by atoms with van der Waals surface area (Å²) in [5, 5.41) is 2.10. The van der Waals surface area contributed by atoms with E-state index in [1.54, 1.807) is 11.3 Å². The van der Waals surface area contributed by atoms with Crippen molar-refractivity contribution in [3.05, 3.63) is 20.8 Å². The highest BCUT2D eigenvalue weighted by molar-refractivity contribution is 9.10. The summed E-state index contributed by atoms with van der Waals surface area (Å²) in [5.74, 6) is 0. The Hall–Kier alpha value is 0.1000. The maximum atomic E-state index is 6.31. The van der Waals surface area contributed by atoms with Gasteiger partial charge in [0.1, 0.15) is 0 Å². The van der Waals surface area contributed by atoms with Crippen molar-refractivity contribution in [3.63, 3.8) is 0 Å². The zero-order valence-corrected chi connectivity index (χ0v) is 10.5. The molecule has 1 fully saturated rings. The first-order valence-electron chi connectivity index (χ1n) is 4.73. The van der Waals surface area contributed by atoms with Crippen molar-refractivity contribution in [3.8, 4) is 0 Å². The first-order valence-corrected chi connectivity index (χ1v) is 6.41. The van der Waals surface area contributed by atoms with E-state index in [2.05, 4.69) is 34.3 Å². The minimum Gasteiger partial charge on any atom is -0.377 e. The van der Waals surface area contributed by atoms with Crippen LogP contribution < -0.4 is 5.73 Å². The molecule has 1 saturated heterocycles. The maximum Gasteiger partial charge on any atom is 0.0730 e. The molecule has 4 heteroatoms. The third-order valence-corrected chi connectivity index (χ3v) is 4.57. The molecule has 0 aromatic carbocycles. The van der Waals surface area contributed by atoms with Crippen LogP contribution in [0.4, 0.5) is 0 Å². The Morgan fingerprint density at radius 1 is 1.79 bits per heavy atom. The standard InChI is InChI=1S/C10H14BrNOS/c1-7-10(12,2-3-13-7)5-9-4-8(11)6-14-9/h4,6-7H,2-3,5,12H2,1H3. The Kier molecular flexibility index (Phi) is 2.98. The lowest BCUT2D eigenvalue weighted by Crippen LogP contribution is -2.47. The Morgan fingerprint density at radius 2 is 2.57 bits per heavy atom. The van der Waals surface area contributed by atoms with Crippen LogP contribution >= 0.6 is 27.3 Å². The molecule has 2 atom stereocenters. The highest BCUT2D eigenvalue weighted by atomic mass is 79.9. The van der Waals surface area contributed by atoms with Gasteiger partial charge in [0.2, 0.25) is 0 Å². The highest BCUT2D eigenvalue weighted by Crippen LogP contribution is 2.30. The quantitative estimate of drug-likeness (QED) is 0.901. The minimum absolute atomic E-state index is 0.162. The van der Waals surface area contributed by atoms with E-state index in [-0.39, 0.29) is 11.6 Å². The molecule has 78 valence electrons. The molecule has 0 saturated carbocycles. The summed E-state index contributed by atoms with van der Waals surface area (Å²) in [7, 11) is 0. The first kappa shape index (κ1) is 10.6. The molecular formula is C10H14BrNOS. The van der Waals surface area contributed by atoms with Crippen LogP contribution in [0.1, 0.15) is 18.2 Å². The number of rotatable bonds is 2. The smallest absolute Gasteiger partial charge is 0.0730 e. The number of thiophene rings is 1. The van der Waals surface area contributed by atoms with E-state index in [0.717, 1.165) is 23.9 Å². The van der Waals surface area contributed by atoms with Crippen LogP contribution in [0.25, 0.3) is 0 Å². The highest BCUT2D eigenvalue weighted by Gasteiger charge is 2.37.